The molecule has 0 amide bonds. The summed E-state index contributed by atoms with van der Waals surface area (Å²) >= 11 is 5.87. The third-order valence-corrected chi connectivity index (χ3v) is 8.20. The average Bonchev–Trinajstić information content (AvgIpc) is 3.62. The molecular formula is C32H30ClF4N7O5. The molecule has 1 aliphatic heterocycles. The summed E-state index contributed by atoms with van der Waals surface area (Å²) in [6.07, 6.45) is 3.39. The van der Waals surface area contributed by atoms with Crippen molar-refractivity contribution >= 4 is 34.6 Å². The Hall–Kier alpha value is -5.09. The highest BCUT2D eigenvalue weighted by molar-refractivity contribution is 6.30. The third-order valence-electron chi connectivity index (χ3n) is 7.96. The Labute approximate surface area is 281 Å². The van der Waals surface area contributed by atoms with Crippen LogP contribution in [-0.4, -0.2) is 75.4 Å². The van der Waals surface area contributed by atoms with E-state index in [1.54, 1.807) is 49.1 Å². The number of carboxylic acid groups (broad SMARTS) is 2. The van der Waals surface area contributed by atoms with E-state index in [1.165, 1.54) is 6.07 Å². The number of aryl methyl sites for hydroxylation is 1. The van der Waals surface area contributed by atoms with Gasteiger partial charge in [0.1, 0.15) is 23.9 Å². The number of aromatic nitrogens is 6. The lowest BCUT2D eigenvalue weighted by molar-refractivity contribution is -0.192. The topological polar surface area (TPSA) is 148 Å². The quantitative estimate of drug-likeness (QED) is 0.184. The minimum atomic E-state index is -5.08. The third kappa shape index (κ3) is 8.69. The fourth-order valence-electron chi connectivity index (χ4n) is 5.38. The molecule has 3 aromatic heterocycles. The van der Waals surface area contributed by atoms with E-state index in [0.29, 0.717) is 29.6 Å². The van der Waals surface area contributed by atoms with Gasteiger partial charge in [0.05, 0.1) is 41.7 Å². The largest absolute Gasteiger partial charge is 0.490 e. The van der Waals surface area contributed by atoms with Crippen LogP contribution in [0.1, 0.15) is 51.9 Å². The van der Waals surface area contributed by atoms with Crippen LogP contribution in [0.15, 0.2) is 61.3 Å². The zero-order valence-electron chi connectivity index (χ0n) is 25.9. The molecule has 49 heavy (non-hydrogen) atoms. The molecule has 17 heteroatoms. The number of alkyl halides is 3. The first-order valence-electron chi connectivity index (χ1n) is 14.9. The summed E-state index contributed by atoms with van der Waals surface area (Å²) in [5, 5.41) is 17.0. The maximum absolute atomic E-state index is 14.3. The summed E-state index contributed by atoms with van der Waals surface area (Å²) in [5.74, 6) is -2.73. The monoisotopic (exact) mass is 703 g/mol. The number of carbonyl (C=O) groups is 2. The van der Waals surface area contributed by atoms with Crippen molar-refractivity contribution in [1.82, 2.24) is 34.0 Å². The highest BCUT2D eigenvalue weighted by Gasteiger charge is 2.38. The van der Waals surface area contributed by atoms with Gasteiger partial charge in [0, 0.05) is 42.1 Å². The number of likely N-dealkylation sites (tertiary alicyclic amines) is 1. The van der Waals surface area contributed by atoms with E-state index in [4.69, 9.17) is 31.2 Å². The molecule has 1 aliphatic rings. The Morgan fingerprint density at radius 2 is 1.76 bits per heavy atom. The van der Waals surface area contributed by atoms with E-state index < -0.39 is 23.9 Å². The molecular weight excluding hydrogens is 674 g/mol. The zero-order chi connectivity index (χ0) is 35.3. The predicted octanol–water partition coefficient (Wildman–Crippen LogP) is 5.69. The van der Waals surface area contributed by atoms with Gasteiger partial charge < -0.3 is 24.1 Å². The fraction of sp³-hybridized carbons (Fsp3) is 0.312. The molecule has 6 rings (SSSR count). The van der Waals surface area contributed by atoms with Gasteiger partial charge in [-0.3, -0.25) is 9.88 Å². The van der Waals surface area contributed by atoms with Crippen molar-refractivity contribution in [3.63, 3.8) is 0 Å². The average molecular weight is 704 g/mol. The molecule has 258 valence electrons. The number of fused-ring (bicyclic) bond motifs is 1. The van der Waals surface area contributed by atoms with E-state index in [-0.39, 0.29) is 18.1 Å². The zero-order valence-corrected chi connectivity index (χ0v) is 26.7. The highest BCUT2D eigenvalue weighted by Crippen LogP contribution is 2.33. The summed E-state index contributed by atoms with van der Waals surface area (Å²) in [7, 11) is 1.94. The molecule has 2 aromatic carbocycles. The lowest BCUT2D eigenvalue weighted by Gasteiger charge is -2.31. The number of hydrogen-bond acceptors (Lipinski definition) is 8. The van der Waals surface area contributed by atoms with Gasteiger partial charge in [-0.05, 0) is 56.3 Å². The number of carboxylic acids is 2. The first kappa shape index (κ1) is 35.2. The molecule has 4 heterocycles. The first-order valence-corrected chi connectivity index (χ1v) is 15.3. The summed E-state index contributed by atoms with van der Waals surface area (Å²) in [6.45, 7) is 2.78. The minimum Gasteiger partial charge on any atom is -0.478 e. The summed E-state index contributed by atoms with van der Waals surface area (Å²) < 4.78 is 55.9. The van der Waals surface area contributed by atoms with Gasteiger partial charge in [-0.15, -0.1) is 0 Å². The Balaban J connectivity index is 0.000000606. The number of piperidine rings is 1. The SMILES string of the molecule is Cn1cncc1Cn1c(CN2CCC(c3nccnc3OCc3ccc(Cl)cc3F)CC2)nc2ccc(C(=O)O)cc21.O=C(O)C(F)(F)F. The van der Waals surface area contributed by atoms with E-state index in [2.05, 4.69) is 24.4 Å². The van der Waals surface area contributed by atoms with Crippen LogP contribution in [0.3, 0.4) is 0 Å². The maximum Gasteiger partial charge on any atom is 0.490 e. The highest BCUT2D eigenvalue weighted by atomic mass is 35.5. The number of benzene rings is 2. The van der Waals surface area contributed by atoms with Crippen molar-refractivity contribution in [2.45, 2.75) is 44.6 Å². The van der Waals surface area contributed by atoms with Crippen molar-refractivity contribution in [3.05, 3.63) is 100 Å². The Morgan fingerprint density at radius 3 is 2.39 bits per heavy atom. The normalized spacial score (nSPS) is 14.0. The van der Waals surface area contributed by atoms with Crippen LogP contribution >= 0.6 is 11.6 Å². The van der Waals surface area contributed by atoms with Crippen molar-refractivity contribution < 1.29 is 42.1 Å². The van der Waals surface area contributed by atoms with Gasteiger partial charge in [-0.2, -0.15) is 13.2 Å². The second kappa shape index (κ2) is 15.0. The summed E-state index contributed by atoms with van der Waals surface area (Å²) in [6, 6.07) is 9.54. The molecule has 1 saturated heterocycles. The molecule has 0 atom stereocenters. The second-order valence-electron chi connectivity index (χ2n) is 11.2. The number of imidazole rings is 2. The molecule has 5 aromatic rings. The summed E-state index contributed by atoms with van der Waals surface area (Å²) in [5.41, 5.74) is 3.92. The number of aromatic carboxylic acids is 1. The van der Waals surface area contributed by atoms with Crippen molar-refractivity contribution in [2.75, 3.05) is 13.1 Å². The molecule has 2 N–H and O–H groups in total. The lowest BCUT2D eigenvalue weighted by Crippen LogP contribution is -2.34. The Morgan fingerprint density at radius 1 is 1.04 bits per heavy atom. The number of hydrogen-bond donors (Lipinski definition) is 2. The number of halogens is 5. The predicted molar refractivity (Wildman–Crippen MR) is 168 cm³/mol. The van der Waals surface area contributed by atoms with E-state index in [1.807, 2.05) is 17.8 Å². The number of nitrogens with zero attached hydrogens (tertiary/aromatic N) is 7. The van der Waals surface area contributed by atoms with Gasteiger partial charge >= 0.3 is 18.1 Å². The van der Waals surface area contributed by atoms with Crippen LogP contribution in [0, 0.1) is 5.82 Å². The number of aliphatic carboxylic acids is 1. The minimum absolute atomic E-state index is 0.0318. The van der Waals surface area contributed by atoms with Crippen LogP contribution in [-0.2, 0) is 31.5 Å². The number of rotatable bonds is 9. The van der Waals surface area contributed by atoms with Crippen molar-refractivity contribution in [1.29, 1.82) is 0 Å². The van der Waals surface area contributed by atoms with Crippen molar-refractivity contribution in [2.24, 2.45) is 7.05 Å². The van der Waals surface area contributed by atoms with Crippen LogP contribution in [0.4, 0.5) is 17.6 Å². The molecule has 0 unspecified atom stereocenters. The van der Waals surface area contributed by atoms with E-state index in [9.17, 15) is 27.5 Å². The van der Waals surface area contributed by atoms with Crippen molar-refractivity contribution in [3.8, 4) is 5.88 Å². The maximum atomic E-state index is 14.3. The van der Waals surface area contributed by atoms with Gasteiger partial charge in [0.25, 0.3) is 0 Å². The van der Waals surface area contributed by atoms with Crippen LogP contribution in [0.2, 0.25) is 5.02 Å². The molecule has 12 nitrogen and oxygen atoms in total. The lowest BCUT2D eigenvalue weighted by atomic mass is 9.93. The second-order valence-corrected chi connectivity index (χ2v) is 11.7. The number of ether oxygens (including phenoxy) is 1. The van der Waals surface area contributed by atoms with Crippen LogP contribution < -0.4 is 4.74 Å². The molecule has 0 spiro atoms. The van der Waals surface area contributed by atoms with Gasteiger partial charge in [-0.1, -0.05) is 17.7 Å². The molecule has 1 fully saturated rings. The van der Waals surface area contributed by atoms with Gasteiger partial charge in [0.15, 0.2) is 0 Å². The summed E-state index contributed by atoms with van der Waals surface area (Å²) in [4.78, 5) is 41.0. The van der Waals surface area contributed by atoms with E-state index >= 15 is 0 Å². The Bertz CT molecular complexity index is 1960. The fourth-order valence-corrected chi connectivity index (χ4v) is 5.54. The molecule has 0 bridgehead atoms. The molecule has 0 radical (unpaired) electrons. The van der Waals surface area contributed by atoms with Gasteiger partial charge in [0.2, 0.25) is 5.88 Å². The smallest absolute Gasteiger partial charge is 0.478 e. The molecule has 0 aliphatic carbocycles. The first-order chi connectivity index (χ1) is 23.3. The van der Waals surface area contributed by atoms with Crippen LogP contribution in [0.5, 0.6) is 5.88 Å². The van der Waals surface area contributed by atoms with Crippen LogP contribution in [0.25, 0.3) is 11.0 Å². The molecule has 0 saturated carbocycles. The standard InChI is InChI=1S/C30H29ClFN7O3.C2HF3O2/c1-37-18-33-14-23(37)15-39-26-12-20(30(40)41)3-5-25(26)36-27(39)16-38-10-6-19(7-11-38)28-29(35-9-8-34-28)42-17-21-2-4-22(31)13-24(21)32;3-2(4,5)1(6)7/h2-5,8-9,12-14,18-19H,6-7,10-11,15-17H2,1H3,(H,40,41);(H,6,7). The van der Waals surface area contributed by atoms with E-state index in [0.717, 1.165) is 54.2 Å². The van der Waals surface area contributed by atoms with Gasteiger partial charge in [-0.25, -0.2) is 28.9 Å². The Kier molecular flexibility index (Phi) is 10.8.